The smallest absolute Gasteiger partial charge is 0.118 e. The lowest BCUT2D eigenvalue weighted by Crippen LogP contribution is -2.24. The van der Waals surface area contributed by atoms with E-state index in [9.17, 15) is 5.11 Å². The van der Waals surface area contributed by atoms with E-state index in [1.807, 2.05) is 12.1 Å². The number of methoxy groups -OCH3 is 1. The quantitative estimate of drug-likeness (QED) is 0.758. The highest BCUT2D eigenvalue weighted by Crippen LogP contribution is 2.24. The zero-order chi connectivity index (χ0) is 12.8. The lowest BCUT2D eigenvalue weighted by Gasteiger charge is -2.10. The van der Waals surface area contributed by atoms with E-state index in [1.165, 1.54) is 5.56 Å². The second kappa shape index (κ2) is 6.76. The van der Waals surface area contributed by atoms with Gasteiger partial charge in [-0.2, -0.15) is 0 Å². The van der Waals surface area contributed by atoms with E-state index < -0.39 is 0 Å². The summed E-state index contributed by atoms with van der Waals surface area (Å²) in [6.07, 6.45) is 4.09. The fraction of sp³-hybridized carbons (Fsp3) is 0.600. The van der Waals surface area contributed by atoms with Gasteiger partial charge in [0.2, 0.25) is 0 Å². The van der Waals surface area contributed by atoms with Crippen molar-refractivity contribution < 1.29 is 9.84 Å². The molecule has 0 radical (unpaired) electrons. The number of ether oxygens (including phenoxy) is 1. The molecule has 2 unspecified atom stereocenters. The first-order chi connectivity index (χ1) is 8.78. The van der Waals surface area contributed by atoms with Crippen LogP contribution in [0.5, 0.6) is 5.75 Å². The third-order valence-corrected chi connectivity index (χ3v) is 3.70. The summed E-state index contributed by atoms with van der Waals surface area (Å²) in [6.45, 7) is 2.03. The number of benzene rings is 1. The molecular formula is C15H23NO2. The summed E-state index contributed by atoms with van der Waals surface area (Å²) < 4.78 is 5.13. The number of rotatable bonds is 6. The Bertz CT molecular complexity index is 350. The molecule has 3 heteroatoms. The van der Waals surface area contributed by atoms with Crippen LogP contribution in [0.2, 0.25) is 0 Å². The van der Waals surface area contributed by atoms with E-state index in [0.717, 1.165) is 44.5 Å². The molecular weight excluding hydrogens is 226 g/mol. The van der Waals surface area contributed by atoms with Gasteiger partial charge in [-0.15, -0.1) is 0 Å². The maximum absolute atomic E-state index is 9.44. The summed E-state index contributed by atoms with van der Waals surface area (Å²) in [5, 5.41) is 12.9. The van der Waals surface area contributed by atoms with Crippen molar-refractivity contribution in [2.45, 2.75) is 31.8 Å². The summed E-state index contributed by atoms with van der Waals surface area (Å²) in [6, 6.07) is 8.23. The van der Waals surface area contributed by atoms with Gasteiger partial charge in [-0.1, -0.05) is 12.1 Å². The summed E-state index contributed by atoms with van der Waals surface area (Å²) >= 11 is 0. The van der Waals surface area contributed by atoms with Crippen molar-refractivity contribution in [3.05, 3.63) is 29.8 Å². The maximum atomic E-state index is 9.44. The van der Waals surface area contributed by atoms with Gasteiger partial charge in [0, 0.05) is 0 Å². The molecule has 2 atom stereocenters. The Morgan fingerprint density at radius 3 is 2.67 bits per heavy atom. The average Bonchev–Trinajstić information content (AvgIpc) is 2.81. The third-order valence-electron chi connectivity index (χ3n) is 3.70. The molecule has 0 aromatic heterocycles. The largest absolute Gasteiger partial charge is 0.497 e. The molecule has 0 amide bonds. The van der Waals surface area contributed by atoms with E-state index in [2.05, 4.69) is 17.4 Å². The normalized spacial score (nSPS) is 23.2. The Kier molecular flexibility index (Phi) is 5.02. The Morgan fingerprint density at radius 2 is 2.06 bits per heavy atom. The number of aliphatic hydroxyl groups excluding tert-OH is 1. The molecule has 0 aliphatic heterocycles. The number of hydrogen-bond donors (Lipinski definition) is 2. The van der Waals surface area contributed by atoms with Crippen molar-refractivity contribution in [3.63, 3.8) is 0 Å². The molecule has 2 rings (SSSR count). The number of aliphatic hydroxyl groups is 1. The second-order valence-electron chi connectivity index (χ2n) is 5.14. The molecule has 18 heavy (non-hydrogen) atoms. The monoisotopic (exact) mass is 249 g/mol. The van der Waals surface area contributed by atoms with Crippen LogP contribution in [0.1, 0.15) is 24.8 Å². The number of nitrogens with one attached hydrogen (secondary N) is 1. The second-order valence-corrected chi connectivity index (χ2v) is 5.14. The van der Waals surface area contributed by atoms with E-state index in [-0.39, 0.29) is 6.10 Å². The standard InChI is InChI=1S/C15H23NO2/c1-18-15-6-3-12(4-7-15)8-9-16-11-13-2-5-14(17)10-13/h3-4,6-7,13-14,16-17H,2,5,8-11H2,1H3. The molecule has 1 saturated carbocycles. The molecule has 0 bridgehead atoms. The minimum Gasteiger partial charge on any atom is -0.497 e. The van der Waals surface area contributed by atoms with Crippen LogP contribution in [-0.2, 0) is 6.42 Å². The van der Waals surface area contributed by atoms with E-state index >= 15 is 0 Å². The summed E-state index contributed by atoms with van der Waals surface area (Å²) in [7, 11) is 1.69. The minimum atomic E-state index is -0.0570. The van der Waals surface area contributed by atoms with Crippen molar-refractivity contribution >= 4 is 0 Å². The van der Waals surface area contributed by atoms with Gasteiger partial charge in [0.15, 0.2) is 0 Å². The average molecular weight is 249 g/mol. The molecule has 3 nitrogen and oxygen atoms in total. The Labute approximate surface area is 109 Å². The predicted octanol–water partition coefficient (Wildman–Crippen LogP) is 1.99. The summed E-state index contributed by atoms with van der Waals surface area (Å²) in [4.78, 5) is 0. The van der Waals surface area contributed by atoms with Crippen molar-refractivity contribution in [2.24, 2.45) is 5.92 Å². The lowest BCUT2D eigenvalue weighted by atomic mass is 10.1. The van der Waals surface area contributed by atoms with Gasteiger partial charge in [0.05, 0.1) is 13.2 Å². The molecule has 1 aromatic carbocycles. The van der Waals surface area contributed by atoms with Gasteiger partial charge in [0.1, 0.15) is 5.75 Å². The Balaban J connectivity index is 1.62. The SMILES string of the molecule is COc1ccc(CCNCC2CCC(O)C2)cc1. The Morgan fingerprint density at radius 1 is 1.28 bits per heavy atom. The van der Waals surface area contributed by atoms with Crippen molar-refractivity contribution in [1.82, 2.24) is 5.32 Å². The molecule has 1 aliphatic rings. The minimum absolute atomic E-state index is 0.0570. The van der Waals surface area contributed by atoms with Gasteiger partial charge in [-0.25, -0.2) is 0 Å². The Hall–Kier alpha value is -1.06. The zero-order valence-corrected chi connectivity index (χ0v) is 11.1. The third kappa shape index (κ3) is 4.00. The predicted molar refractivity (Wildman–Crippen MR) is 72.9 cm³/mol. The first-order valence-corrected chi connectivity index (χ1v) is 6.79. The fourth-order valence-electron chi connectivity index (χ4n) is 2.57. The van der Waals surface area contributed by atoms with Crippen LogP contribution in [0.25, 0.3) is 0 Å². The molecule has 0 saturated heterocycles. The highest BCUT2D eigenvalue weighted by molar-refractivity contribution is 5.27. The molecule has 1 aliphatic carbocycles. The van der Waals surface area contributed by atoms with Gasteiger partial charge >= 0.3 is 0 Å². The molecule has 0 heterocycles. The van der Waals surface area contributed by atoms with Gasteiger partial charge < -0.3 is 15.2 Å². The van der Waals surface area contributed by atoms with Crippen LogP contribution in [-0.4, -0.2) is 31.4 Å². The van der Waals surface area contributed by atoms with E-state index in [0.29, 0.717) is 5.92 Å². The first-order valence-electron chi connectivity index (χ1n) is 6.79. The molecule has 1 aromatic rings. The van der Waals surface area contributed by atoms with Crippen molar-refractivity contribution in [1.29, 1.82) is 0 Å². The van der Waals surface area contributed by atoms with E-state index in [4.69, 9.17) is 4.74 Å². The van der Waals surface area contributed by atoms with Gasteiger partial charge in [-0.05, 0) is 62.4 Å². The molecule has 0 spiro atoms. The highest BCUT2D eigenvalue weighted by Gasteiger charge is 2.21. The zero-order valence-electron chi connectivity index (χ0n) is 11.1. The summed E-state index contributed by atoms with van der Waals surface area (Å²) in [5.74, 6) is 1.57. The van der Waals surface area contributed by atoms with Crippen LogP contribution in [0.4, 0.5) is 0 Å². The van der Waals surface area contributed by atoms with Crippen molar-refractivity contribution in [3.8, 4) is 5.75 Å². The first kappa shape index (κ1) is 13.4. The molecule has 1 fully saturated rings. The molecule has 100 valence electrons. The topological polar surface area (TPSA) is 41.5 Å². The maximum Gasteiger partial charge on any atom is 0.118 e. The van der Waals surface area contributed by atoms with Crippen LogP contribution in [0.3, 0.4) is 0 Å². The van der Waals surface area contributed by atoms with E-state index in [1.54, 1.807) is 7.11 Å². The highest BCUT2D eigenvalue weighted by atomic mass is 16.5. The van der Waals surface area contributed by atoms with Gasteiger partial charge in [0.25, 0.3) is 0 Å². The lowest BCUT2D eigenvalue weighted by molar-refractivity contribution is 0.177. The number of hydrogen-bond acceptors (Lipinski definition) is 3. The fourth-order valence-corrected chi connectivity index (χ4v) is 2.57. The van der Waals surface area contributed by atoms with Crippen molar-refractivity contribution in [2.75, 3.05) is 20.2 Å². The van der Waals surface area contributed by atoms with Crippen LogP contribution < -0.4 is 10.1 Å². The molecule has 2 N–H and O–H groups in total. The van der Waals surface area contributed by atoms with Crippen LogP contribution in [0.15, 0.2) is 24.3 Å². The van der Waals surface area contributed by atoms with Crippen LogP contribution in [0, 0.1) is 5.92 Å². The summed E-state index contributed by atoms with van der Waals surface area (Å²) in [5.41, 5.74) is 1.33. The van der Waals surface area contributed by atoms with Crippen LogP contribution >= 0.6 is 0 Å². The van der Waals surface area contributed by atoms with Gasteiger partial charge in [-0.3, -0.25) is 0 Å².